The number of carbonyl (C=O) groups is 1. The molecular formula is C19H15N5O. The second-order valence-corrected chi connectivity index (χ2v) is 5.65. The summed E-state index contributed by atoms with van der Waals surface area (Å²) in [6.45, 7) is 1.82. The molecule has 0 saturated heterocycles. The van der Waals surface area contributed by atoms with Crippen LogP contribution in [0, 0.1) is 6.92 Å². The smallest absolute Gasteiger partial charge is 0.275 e. The number of carbonyl (C=O) groups excluding carboxylic acids is 1. The first-order chi connectivity index (χ1) is 12.2. The van der Waals surface area contributed by atoms with E-state index in [4.69, 9.17) is 0 Å². The van der Waals surface area contributed by atoms with Gasteiger partial charge in [0.15, 0.2) is 0 Å². The van der Waals surface area contributed by atoms with Crippen molar-refractivity contribution in [1.29, 1.82) is 0 Å². The number of fused-ring (bicyclic) bond motifs is 1. The van der Waals surface area contributed by atoms with E-state index >= 15 is 0 Å². The third-order valence-corrected chi connectivity index (χ3v) is 3.83. The summed E-state index contributed by atoms with van der Waals surface area (Å²) in [6.07, 6.45) is 3.04. The van der Waals surface area contributed by atoms with Crippen LogP contribution in [0.3, 0.4) is 0 Å². The first-order valence-corrected chi connectivity index (χ1v) is 7.85. The predicted octanol–water partition coefficient (Wildman–Crippen LogP) is 3.58. The molecule has 2 heterocycles. The molecule has 0 bridgehead atoms. The summed E-state index contributed by atoms with van der Waals surface area (Å²) in [5.41, 5.74) is 4.33. The number of rotatable bonds is 3. The van der Waals surface area contributed by atoms with Gasteiger partial charge in [-0.3, -0.25) is 9.78 Å². The number of amides is 1. The van der Waals surface area contributed by atoms with Gasteiger partial charge in [-0.1, -0.05) is 24.3 Å². The second-order valence-electron chi connectivity index (χ2n) is 5.65. The average Bonchev–Trinajstić information content (AvgIpc) is 3.06. The molecule has 122 valence electrons. The van der Waals surface area contributed by atoms with E-state index in [0.717, 1.165) is 22.3 Å². The van der Waals surface area contributed by atoms with E-state index in [-0.39, 0.29) is 11.6 Å². The lowest BCUT2D eigenvalue weighted by Crippen LogP contribution is -2.14. The molecule has 4 rings (SSSR count). The van der Waals surface area contributed by atoms with Crippen molar-refractivity contribution in [3.8, 4) is 11.4 Å². The third-order valence-electron chi connectivity index (χ3n) is 3.83. The molecule has 0 spiro atoms. The number of anilines is 1. The van der Waals surface area contributed by atoms with Crippen LogP contribution >= 0.6 is 0 Å². The summed E-state index contributed by atoms with van der Waals surface area (Å²) >= 11 is 0. The van der Waals surface area contributed by atoms with Crippen molar-refractivity contribution < 1.29 is 4.79 Å². The maximum Gasteiger partial charge on any atom is 0.275 e. The normalized spacial score (nSPS) is 10.8. The van der Waals surface area contributed by atoms with E-state index < -0.39 is 0 Å². The first-order valence-electron chi connectivity index (χ1n) is 7.85. The molecule has 0 saturated carbocycles. The molecule has 0 aliphatic carbocycles. The van der Waals surface area contributed by atoms with Gasteiger partial charge in [0.1, 0.15) is 11.5 Å². The number of aryl methyl sites for hydroxylation is 1. The van der Waals surface area contributed by atoms with Crippen molar-refractivity contribution in [2.75, 3.05) is 5.32 Å². The van der Waals surface area contributed by atoms with Gasteiger partial charge in [-0.05, 0) is 31.2 Å². The van der Waals surface area contributed by atoms with Gasteiger partial charge in [-0.15, -0.1) is 0 Å². The number of nitrogens with one attached hydrogen (secondary N) is 2. The number of para-hydroxylation sites is 3. The van der Waals surface area contributed by atoms with Crippen molar-refractivity contribution in [2.24, 2.45) is 0 Å². The Morgan fingerprint density at radius 1 is 1.00 bits per heavy atom. The molecule has 0 unspecified atom stereocenters. The van der Waals surface area contributed by atoms with E-state index in [2.05, 4.69) is 25.3 Å². The molecule has 0 fully saturated rings. The van der Waals surface area contributed by atoms with E-state index in [1.807, 2.05) is 55.5 Å². The van der Waals surface area contributed by atoms with Crippen molar-refractivity contribution in [2.45, 2.75) is 6.92 Å². The number of nitrogens with zero attached hydrogens (tertiary/aromatic N) is 3. The van der Waals surface area contributed by atoms with Gasteiger partial charge < -0.3 is 10.3 Å². The van der Waals surface area contributed by atoms with Crippen LogP contribution in [0.1, 0.15) is 16.2 Å². The Bertz CT molecular complexity index is 1020. The molecule has 6 nitrogen and oxygen atoms in total. The number of imidazole rings is 1. The first kappa shape index (κ1) is 15.0. The van der Waals surface area contributed by atoms with Gasteiger partial charge in [0.2, 0.25) is 0 Å². The molecule has 0 aliphatic rings. The average molecular weight is 329 g/mol. The highest BCUT2D eigenvalue weighted by atomic mass is 16.1. The monoisotopic (exact) mass is 329 g/mol. The maximum absolute atomic E-state index is 12.4. The molecule has 0 radical (unpaired) electrons. The highest BCUT2D eigenvalue weighted by Gasteiger charge is 2.13. The van der Waals surface area contributed by atoms with Crippen molar-refractivity contribution in [1.82, 2.24) is 19.9 Å². The van der Waals surface area contributed by atoms with Crippen LogP contribution in [-0.2, 0) is 0 Å². The summed E-state index contributed by atoms with van der Waals surface area (Å²) < 4.78 is 0. The molecule has 2 aromatic heterocycles. The number of hydrogen-bond acceptors (Lipinski definition) is 4. The van der Waals surface area contributed by atoms with Crippen molar-refractivity contribution in [3.05, 3.63) is 72.3 Å². The van der Waals surface area contributed by atoms with Gasteiger partial charge in [0.25, 0.3) is 5.91 Å². The number of hydrogen-bond donors (Lipinski definition) is 2. The highest BCUT2D eigenvalue weighted by Crippen LogP contribution is 2.27. The zero-order valence-electron chi connectivity index (χ0n) is 13.5. The number of aromatic amines is 1. The predicted molar refractivity (Wildman–Crippen MR) is 96.3 cm³/mol. The van der Waals surface area contributed by atoms with Crippen molar-refractivity contribution >= 4 is 22.6 Å². The van der Waals surface area contributed by atoms with Crippen molar-refractivity contribution in [3.63, 3.8) is 0 Å². The molecule has 4 aromatic rings. The molecule has 2 N–H and O–H groups in total. The summed E-state index contributed by atoms with van der Waals surface area (Å²) in [6, 6.07) is 15.3. The Morgan fingerprint density at radius 2 is 1.80 bits per heavy atom. The van der Waals surface area contributed by atoms with Crippen LogP contribution in [0.25, 0.3) is 22.4 Å². The van der Waals surface area contributed by atoms with Crippen LogP contribution in [0.15, 0.2) is 60.9 Å². The third kappa shape index (κ3) is 2.97. The Hall–Kier alpha value is -3.54. The Morgan fingerprint density at radius 3 is 2.60 bits per heavy atom. The zero-order chi connectivity index (χ0) is 17.2. The molecule has 1 amide bonds. The van der Waals surface area contributed by atoms with E-state index in [1.165, 1.54) is 6.20 Å². The number of aromatic nitrogens is 4. The van der Waals surface area contributed by atoms with Gasteiger partial charge in [-0.2, -0.15) is 0 Å². The number of benzene rings is 2. The second kappa shape index (κ2) is 6.16. The highest BCUT2D eigenvalue weighted by molar-refractivity contribution is 6.04. The summed E-state index contributed by atoms with van der Waals surface area (Å²) in [4.78, 5) is 28.5. The Labute approximate surface area is 144 Å². The number of H-pyrrole nitrogens is 1. The minimum Gasteiger partial charge on any atom is -0.338 e. The Kier molecular flexibility index (Phi) is 3.70. The standard InChI is InChI=1S/C19H15N5O/c1-12-10-21-17(11-20-12)19(25)24-14-7-3-2-6-13(14)18-22-15-8-4-5-9-16(15)23-18/h2-11H,1H3,(H,22,23)(H,24,25). The van der Waals surface area contributed by atoms with Crippen LogP contribution in [-0.4, -0.2) is 25.8 Å². The van der Waals surface area contributed by atoms with Gasteiger partial charge in [0, 0.05) is 11.8 Å². The minimum atomic E-state index is -0.309. The fraction of sp³-hybridized carbons (Fsp3) is 0.0526. The molecule has 2 aromatic carbocycles. The van der Waals surface area contributed by atoms with Gasteiger partial charge >= 0.3 is 0 Å². The lowest BCUT2D eigenvalue weighted by Gasteiger charge is -2.09. The van der Waals surface area contributed by atoms with Crippen LogP contribution in [0.4, 0.5) is 5.69 Å². The molecular weight excluding hydrogens is 314 g/mol. The lowest BCUT2D eigenvalue weighted by atomic mass is 10.1. The summed E-state index contributed by atoms with van der Waals surface area (Å²) in [5.74, 6) is 0.392. The topological polar surface area (TPSA) is 83.6 Å². The summed E-state index contributed by atoms with van der Waals surface area (Å²) in [5, 5.41) is 2.89. The molecule has 6 heteroatoms. The molecule has 0 aliphatic heterocycles. The van der Waals surface area contributed by atoms with Crippen LogP contribution in [0.2, 0.25) is 0 Å². The minimum absolute atomic E-state index is 0.269. The van der Waals surface area contributed by atoms with E-state index in [9.17, 15) is 4.79 Å². The molecule has 25 heavy (non-hydrogen) atoms. The quantitative estimate of drug-likeness (QED) is 0.602. The van der Waals surface area contributed by atoms with Gasteiger partial charge in [-0.25, -0.2) is 9.97 Å². The fourth-order valence-corrected chi connectivity index (χ4v) is 2.58. The summed E-state index contributed by atoms with van der Waals surface area (Å²) in [7, 11) is 0. The van der Waals surface area contributed by atoms with Gasteiger partial charge in [0.05, 0.1) is 28.6 Å². The van der Waals surface area contributed by atoms with Crippen LogP contribution < -0.4 is 5.32 Å². The zero-order valence-corrected chi connectivity index (χ0v) is 13.5. The van der Waals surface area contributed by atoms with Crippen LogP contribution in [0.5, 0.6) is 0 Å². The lowest BCUT2D eigenvalue weighted by molar-refractivity contribution is 0.102. The maximum atomic E-state index is 12.4. The van der Waals surface area contributed by atoms with E-state index in [0.29, 0.717) is 11.5 Å². The van der Waals surface area contributed by atoms with E-state index in [1.54, 1.807) is 6.20 Å². The molecule has 0 atom stereocenters. The Balaban J connectivity index is 1.69. The fourth-order valence-electron chi connectivity index (χ4n) is 2.58. The largest absolute Gasteiger partial charge is 0.338 e. The SMILES string of the molecule is Cc1cnc(C(=O)Nc2ccccc2-c2nc3ccccc3[nH]2)cn1.